The molecule has 0 aromatic heterocycles. The zero-order chi connectivity index (χ0) is 12.3. The van der Waals surface area contributed by atoms with Crippen molar-refractivity contribution in [2.45, 2.75) is 5.92 Å². The summed E-state index contributed by atoms with van der Waals surface area (Å²) >= 11 is 3.33. The fourth-order valence-corrected chi connectivity index (χ4v) is 1.95. The van der Waals surface area contributed by atoms with Crippen LogP contribution in [0.4, 0.5) is 4.39 Å². The molecule has 3 heteroatoms. The van der Waals surface area contributed by atoms with E-state index in [1.165, 1.54) is 6.07 Å². The minimum atomic E-state index is -0.565. The molecule has 2 rings (SSSR count). The molecule has 1 nitrogen and oxygen atoms in total. The Balaban J connectivity index is 2.45. The van der Waals surface area contributed by atoms with Gasteiger partial charge in [0.25, 0.3) is 0 Å². The van der Waals surface area contributed by atoms with Crippen molar-refractivity contribution in [1.82, 2.24) is 0 Å². The van der Waals surface area contributed by atoms with E-state index in [1.54, 1.807) is 18.2 Å². The Kier molecular flexibility index (Phi) is 3.55. The monoisotopic (exact) mass is 289 g/mol. The Morgan fingerprint density at radius 3 is 2.29 bits per heavy atom. The molecule has 0 saturated carbocycles. The van der Waals surface area contributed by atoms with Crippen molar-refractivity contribution in [2.24, 2.45) is 0 Å². The topological polar surface area (TPSA) is 23.8 Å². The standard InChI is InChI=1S/C14H9BrFN/c15-11-7-5-10(6-8-11)13(9-17)12-3-1-2-4-14(12)16/h1-8,13H. The minimum Gasteiger partial charge on any atom is -0.207 e. The van der Waals surface area contributed by atoms with Crippen LogP contribution in [0.25, 0.3) is 0 Å². The first-order valence-corrected chi connectivity index (χ1v) is 5.91. The zero-order valence-electron chi connectivity index (χ0n) is 8.90. The molecule has 0 bridgehead atoms. The van der Waals surface area contributed by atoms with Gasteiger partial charge in [0.15, 0.2) is 0 Å². The third-order valence-corrected chi connectivity index (χ3v) is 3.08. The van der Waals surface area contributed by atoms with Gasteiger partial charge in [-0.25, -0.2) is 4.39 Å². The van der Waals surface area contributed by atoms with Crippen molar-refractivity contribution in [3.63, 3.8) is 0 Å². The van der Waals surface area contributed by atoms with Crippen molar-refractivity contribution in [1.29, 1.82) is 5.26 Å². The van der Waals surface area contributed by atoms with Crippen LogP contribution in [-0.2, 0) is 0 Å². The van der Waals surface area contributed by atoms with Crippen LogP contribution in [0, 0.1) is 17.1 Å². The predicted molar refractivity (Wildman–Crippen MR) is 68.0 cm³/mol. The highest BCUT2D eigenvalue weighted by Gasteiger charge is 2.16. The maximum Gasteiger partial charge on any atom is 0.128 e. The summed E-state index contributed by atoms with van der Waals surface area (Å²) < 4.78 is 14.6. The van der Waals surface area contributed by atoms with Crippen molar-refractivity contribution < 1.29 is 4.39 Å². The summed E-state index contributed by atoms with van der Waals surface area (Å²) in [6.07, 6.45) is 0. The van der Waals surface area contributed by atoms with Crippen LogP contribution in [0.3, 0.4) is 0 Å². The number of benzene rings is 2. The smallest absolute Gasteiger partial charge is 0.128 e. The van der Waals surface area contributed by atoms with Crippen LogP contribution in [0.15, 0.2) is 53.0 Å². The molecule has 0 radical (unpaired) electrons. The Morgan fingerprint density at radius 1 is 1.06 bits per heavy atom. The lowest BCUT2D eigenvalue weighted by atomic mass is 9.92. The highest BCUT2D eigenvalue weighted by atomic mass is 79.9. The summed E-state index contributed by atoms with van der Waals surface area (Å²) in [5.74, 6) is -0.911. The number of hydrogen-bond acceptors (Lipinski definition) is 1. The van der Waals surface area contributed by atoms with Crippen molar-refractivity contribution in [3.05, 3.63) is 69.9 Å². The van der Waals surface area contributed by atoms with Crippen LogP contribution in [0.2, 0.25) is 0 Å². The number of halogens is 2. The average Bonchev–Trinajstić information content (AvgIpc) is 2.35. The summed E-state index contributed by atoms with van der Waals surface area (Å²) in [5.41, 5.74) is 1.21. The molecule has 0 amide bonds. The summed E-state index contributed by atoms with van der Waals surface area (Å²) in [4.78, 5) is 0. The lowest BCUT2D eigenvalue weighted by Crippen LogP contribution is -2.00. The van der Waals surface area contributed by atoms with Crippen molar-refractivity contribution in [2.75, 3.05) is 0 Å². The SMILES string of the molecule is N#CC(c1ccc(Br)cc1)c1ccccc1F. The van der Waals surface area contributed by atoms with Gasteiger partial charge >= 0.3 is 0 Å². The Bertz CT molecular complexity index is 557. The van der Waals surface area contributed by atoms with Crippen LogP contribution >= 0.6 is 15.9 Å². The van der Waals surface area contributed by atoms with E-state index in [1.807, 2.05) is 24.3 Å². The number of rotatable bonds is 2. The van der Waals surface area contributed by atoms with Crippen molar-refractivity contribution in [3.8, 4) is 6.07 Å². The largest absolute Gasteiger partial charge is 0.207 e. The number of hydrogen-bond donors (Lipinski definition) is 0. The summed E-state index contributed by atoms with van der Waals surface area (Å²) in [5, 5.41) is 9.20. The third-order valence-electron chi connectivity index (χ3n) is 2.55. The molecule has 0 spiro atoms. The number of nitrogens with zero attached hydrogens (tertiary/aromatic N) is 1. The second kappa shape index (κ2) is 5.11. The predicted octanol–water partition coefficient (Wildman–Crippen LogP) is 4.24. The lowest BCUT2D eigenvalue weighted by molar-refractivity contribution is 0.609. The van der Waals surface area contributed by atoms with Gasteiger partial charge in [-0.2, -0.15) is 5.26 Å². The van der Waals surface area contributed by atoms with Gasteiger partial charge in [-0.3, -0.25) is 0 Å². The van der Waals surface area contributed by atoms with E-state index < -0.39 is 5.92 Å². The van der Waals surface area contributed by atoms with Crippen LogP contribution < -0.4 is 0 Å². The van der Waals surface area contributed by atoms with Gasteiger partial charge in [-0.05, 0) is 23.8 Å². The molecular weight excluding hydrogens is 281 g/mol. The summed E-state index contributed by atoms with van der Waals surface area (Å²) in [6, 6.07) is 15.9. The van der Waals surface area contributed by atoms with Gasteiger partial charge in [0.1, 0.15) is 5.82 Å². The summed E-state index contributed by atoms with van der Waals surface area (Å²) in [7, 11) is 0. The minimum absolute atomic E-state index is 0.345. The first kappa shape index (κ1) is 11.8. The van der Waals surface area contributed by atoms with E-state index in [-0.39, 0.29) is 5.82 Å². The maximum atomic E-state index is 13.6. The highest BCUT2D eigenvalue weighted by molar-refractivity contribution is 9.10. The van der Waals surface area contributed by atoms with E-state index in [2.05, 4.69) is 22.0 Å². The molecule has 0 fully saturated rings. The van der Waals surface area contributed by atoms with Crippen LogP contribution in [-0.4, -0.2) is 0 Å². The van der Waals surface area contributed by atoms with Gasteiger partial charge in [0.2, 0.25) is 0 Å². The molecule has 84 valence electrons. The second-order valence-corrected chi connectivity index (χ2v) is 4.55. The first-order valence-electron chi connectivity index (χ1n) is 5.12. The third kappa shape index (κ3) is 2.54. The number of nitriles is 1. The molecule has 0 heterocycles. The first-order chi connectivity index (χ1) is 8.22. The fourth-order valence-electron chi connectivity index (χ4n) is 1.69. The van der Waals surface area contributed by atoms with Crippen LogP contribution in [0.1, 0.15) is 17.0 Å². The molecule has 0 aliphatic carbocycles. The highest BCUT2D eigenvalue weighted by Crippen LogP contribution is 2.27. The zero-order valence-corrected chi connectivity index (χ0v) is 10.5. The molecule has 0 N–H and O–H groups in total. The van der Waals surface area contributed by atoms with Crippen LogP contribution in [0.5, 0.6) is 0 Å². The van der Waals surface area contributed by atoms with Gasteiger partial charge < -0.3 is 0 Å². The fraction of sp³-hybridized carbons (Fsp3) is 0.0714. The van der Waals surface area contributed by atoms with Gasteiger partial charge in [0, 0.05) is 10.0 Å². The molecule has 17 heavy (non-hydrogen) atoms. The lowest BCUT2D eigenvalue weighted by Gasteiger charge is -2.10. The van der Waals surface area contributed by atoms with E-state index in [0.29, 0.717) is 5.56 Å². The second-order valence-electron chi connectivity index (χ2n) is 3.64. The van der Waals surface area contributed by atoms with Gasteiger partial charge in [0.05, 0.1) is 12.0 Å². The molecule has 0 saturated heterocycles. The van der Waals surface area contributed by atoms with E-state index >= 15 is 0 Å². The molecule has 2 aromatic rings. The maximum absolute atomic E-state index is 13.6. The average molecular weight is 290 g/mol. The van der Waals surface area contributed by atoms with E-state index in [0.717, 1.165) is 10.0 Å². The van der Waals surface area contributed by atoms with E-state index in [9.17, 15) is 9.65 Å². The Hall–Kier alpha value is -1.66. The van der Waals surface area contributed by atoms with E-state index in [4.69, 9.17) is 0 Å². The normalized spacial score (nSPS) is 11.8. The van der Waals surface area contributed by atoms with Gasteiger partial charge in [-0.15, -0.1) is 0 Å². The molecule has 1 unspecified atom stereocenters. The molecule has 0 aliphatic rings. The van der Waals surface area contributed by atoms with Gasteiger partial charge in [-0.1, -0.05) is 46.3 Å². The quantitative estimate of drug-likeness (QED) is 0.811. The van der Waals surface area contributed by atoms with Crippen molar-refractivity contribution >= 4 is 15.9 Å². The Morgan fingerprint density at radius 2 is 1.71 bits per heavy atom. The molecule has 2 aromatic carbocycles. The molecule has 1 atom stereocenters. The summed E-state index contributed by atoms with van der Waals surface area (Å²) in [6.45, 7) is 0. The molecule has 0 aliphatic heterocycles. The molecular formula is C14H9BrFN. The Labute approximate surface area is 108 Å².